The number of furan rings is 1. The Balaban J connectivity index is 1.40. The molecule has 146 valence electrons. The summed E-state index contributed by atoms with van der Waals surface area (Å²) >= 11 is 2.56. The number of nitrogens with zero attached hydrogens (tertiary/aromatic N) is 2. The zero-order valence-corrected chi connectivity index (χ0v) is 16.7. The lowest BCUT2D eigenvalue weighted by atomic mass is 10.1. The van der Waals surface area contributed by atoms with Crippen LogP contribution in [0, 0.1) is 0 Å². The topological polar surface area (TPSA) is 109 Å². The quantitative estimate of drug-likeness (QED) is 0.481. The number of carbonyl (C=O) groups excluding carboxylic acids is 2. The smallest absolute Gasteiger partial charge is 0.321 e. The molecule has 1 aromatic carbocycles. The van der Waals surface area contributed by atoms with Gasteiger partial charge < -0.3 is 15.1 Å². The Hall–Kier alpha value is -2.85. The summed E-state index contributed by atoms with van der Waals surface area (Å²) in [5, 5.41) is 16.7. The molecule has 10 heteroatoms. The Morgan fingerprint density at radius 3 is 2.71 bits per heavy atom. The second-order valence-electron chi connectivity index (χ2n) is 5.65. The van der Waals surface area contributed by atoms with Gasteiger partial charge in [0.05, 0.1) is 18.6 Å². The normalized spacial score (nSPS) is 10.5. The van der Waals surface area contributed by atoms with Gasteiger partial charge in [-0.3, -0.25) is 10.1 Å². The van der Waals surface area contributed by atoms with Crippen LogP contribution in [-0.2, 0) is 17.8 Å². The lowest BCUT2D eigenvalue weighted by molar-refractivity contribution is -0.117. The third-order valence-corrected chi connectivity index (χ3v) is 5.57. The molecule has 3 N–H and O–H groups in total. The Kier molecular flexibility index (Phi) is 7.04. The van der Waals surface area contributed by atoms with Crippen LogP contribution in [0.15, 0.2) is 51.4 Å². The second kappa shape index (κ2) is 9.90. The maximum absolute atomic E-state index is 11.9. The zero-order valence-electron chi connectivity index (χ0n) is 15.1. The number of rotatable bonds is 8. The van der Waals surface area contributed by atoms with Crippen LogP contribution in [0.2, 0.25) is 0 Å². The van der Waals surface area contributed by atoms with Gasteiger partial charge in [-0.2, -0.15) is 0 Å². The molecule has 0 spiro atoms. The number of hydrogen-bond acceptors (Lipinski definition) is 8. The van der Waals surface area contributed by atoms with E-state index in [4.69, 9.17) is 4.42 Å². The van der Waals surface area contributed by atoms with Crippen LogP contribution in [0.25, 0.3) is 0 Å². The minimum absolute atomic E-state index is 0.0635. The summed E-state index contributed by atoms with van der Waals surface area (Å²) in [4.78, 5) is 23.6. The number of carbonyl (C=O) groups is 2. The van der Waals surface area contributed by atoms with Crippen LogP contribution in [-0.4, -0.2) is 27.9 Å². The second-order valence-corrected chi connectivity index (χ2v) is 7.85. The predicted molar refractivity (Wildman–Crippen MR) is 109 cm³/mol. The lowest BCUT2D eigenvalue weighted by Crippen LogP contribution is -2.39. The Bertz CT molecular complexity index is 910. The molecule has 0 saturated heterocycles. The maximum atomic E-state index is 11.9. The number of nitrogens with one attached hydrogen (secondary N) is 3. The molecule has 0 aliphatic carbocycles. The fourth-order valence-electron chi connectivity index (χ4n) is 2.18. The molecule has 0 atom stereocenters. The molecule has 3 rings (SSSR count). The highest BCUT2D eigenvalue weighted by atomic mass is 32.2. The highest BCUT2D eigenvalue weighted by Crippen LogP contribution is 2.27. The molecule has 2 aromatic heterocycles. The lowest BCUT2D eigenvalue weighted by Gasteiger charge is -2.04. The van der Waals surface area contributed by atoms with Gasteiger partial charge in [-0.25, -0.2) is 4.79 Å². The van der Waals surface area contributed by atoms with Gasteiger partial charge >= 0.3 is 6.03 Å². The molecule has 0 radical (unpaired) electrons. The summed E-state index contributed by atoms with van der Waals surface area (Å²) in [6.45, 7) is 2.32. The molecule has 3 aromatic rings. The number of amides is 3. The standard InChI is InChI=1S/C18H19N5O3S2/c1-2-12-5-7-13(8-6-12)20-17-22-23-18(28-17)27-11-15(24)21-16(25)19-10-14-4-3-9-26-14/h3-9H,2,10-11H2,1H3,(H,20,22)(H2,19,21,24,25). The van der Waals surface area contributed by atoms with Gasteiger partial charge in [0.2, 0.25) is 11.0 Å². The Morgan fingerprint density at radius 2 is 2.00 bits per heavy atom. The molecule has 3 amide bonds. The minimum atomic E-state index is -0.572. The molecule has 0 aliphatic heterocycles. The molecular formula is C18H19N5O3S2. The highest BCUT2D eigenvalue weighted by Gasteiger charge is 2.11. The summed E-state index contributed by atoms with van der Waals surface area (Å²) in [6.07, 6.45) is 2.50. The predicted octanol–water partition coefficient (Wildman–Crippen LogP) is 3.56. The van der Waals surface area contributed by atoms with Crippen molar-refractivity contribution in [3.8, 4) is 0 Å². The number of urea groups is 1. The average Bonchev–Trinajstić information content (AvgIpc) is 3.37. The summed E-state index contributed by atoms with van der Waals surface area (Å²) in [7, 11) is 0. The van der Waals surface area contributed by atoms with E-state index < -0.39 is 11.9 Å². The van der Waals surface area contributed by atoms with Crippen molar-refractivity contribution in [2.45, 2.75) is 24.2 Å². The van der Waals surface area contributed by atoms with Crippen molar-refractivity contribution in [2.24, 2.45) is 0 Å². The molecule has 0 fully saturated rings. The first-order valence-corrected chi connectivity index (χ1v) is 10.3. The van der Waals surface area contributed by atoms with E-state index in [9.17, 15) is 9.59 Å². The van der Waals surface area contributed by atoms with Gasteiger partial charge in [0.1, 0.15) is 5.76 Å². The summed E-state index contributed by atoms with van der Waals surface area (Å²) in [6, 6.07) is 11.0. The van der Waals surface area contributed by atoms with Gasteiger partial charge in [0, 0.05) is 5.69 Å². The van der Waals surface area contributed by atoms with Crippen molar-refractivity contribution in [3.05, 3.63) is 54.0 Å². The van der Waals surface area contributed by atoms with Crippen molar-refractivity contribution in [1.82, 2.24) is 20.8 Å². The number of thioether (sulfide) groups is 1. The SMILES string of the molecule is CCc1ccc(Nc2nnc(SCC(=O)NC(=O)NCc3ccco3)s2)cc1. The third-order valence-electron chi connectivity index (χ3n) is 3.60. The maximum Gasteiger partial charge on any atom is 0.321 e. The number of benzene rings is 1. The Labute approximate surface area is 170 Å². The number of hydrogen-bond donors (Lipinski definition) is 3. The fraction of sp³-hybridized carbons (Fsp3) is 0.222. The van der Waals surface area contributed by atoms with E-state index in [1.807, 2.05) is 12.1 Å². The number of aromatic nitrogens is 2. The van der Waals surface area contributed by atoms with Crippen LogP contribution < -0.4 is 16.0 Å². The van der Waals surface area contributed by atoms with Gasteiger partial charge in [-0.15, -0.1) is 10.2 Å². The minimum Gasteiger partial charge on any atom is -0.467 e. The van der Waals surface area contributed by atoms with E-state index in [0.717, 1.165) is 12.1 Å². The number of aryl methyl sites for hydroxylation is 1. The van der Waals surface area contributed by atoms with E-state index in [2.05, 4.69) is 45.2 Å². The molecule has 0 bridgehead atoms. The summed E-state index contributed by atoms with van der Waals surface area (Å²) < 4.78 is 5.74. The van der Waals surface area contributed by atoms with Crippen molar-refractivity contribution in [1.29, 1.82) is 0 Å². The molecule has 0 saturated carbocycles. The monoisotopic (exact) mass is 417 g/mol. The van der Waals surface area contributed by atoms with Crippen molar-refractivity contribution < 1.29 is 14.0 Å². The zero-order chi connectivity index (χ0) is 19.8. The van der Waals surface area contributed by atoms with Crippen LogP contribution in [0.1, 0.15) is 18.2 Å². The van der Waals surface area contributed by atoms with E-state index in [1.54, 1.807) is 12.1 Å². The van der Waals surface area contributed by atoms with Gasteiger partial charge in [0.25, 0.3) is 0 Å². The van der Waals surface area contributed by atoms with E-state index in [-0.39, 0.29) is 12.3 Å². The number of anilines is 2. The fourth-order valence-corrected chi connectivity index (χ4v) is 3.75. The van der Waals surface area contributed by atoms with Crippen molar-refractivity contribution >= 4 is 45.9 Å². The molecular weight excluding hydrogens is 398 g/mol. The van der Waals surface area contributed by atoms with Gasteiger partial charge in [-0.1, -0.05) is 42.2 Å². The molecule has 2 heterocycles. The van der Waals surface area contributed by atoms with Gasteiger partial charge in [0.15, 0.2) is 4.34 Å². The van der Waals surface area contributed by atoms with E-state index >= 15 is 0 Å². The van der Waals surface area contributed by atoms with Crippen LogP contribution in [0.3, 0.4) is 0 Å². The first-order valence-electron chi connectivity index (χ1n) is 8.54. The summed E-state index contributed by atoms with van der Waals surface area (Å²) in [5.41, 5.74) is 2.19. The van der Waals surface area contributed by atoms with Crippen LogP contribution in [0.5, 0.6) is 0 Å². The van der Waals surface area contributed by atoms with E-state index in [1.165, 1.54) is 34.9 Å². The largest absolute Gasteiger partial charge is 0.467 e. The van der Waals surface area contributed by atoms with Crippen molar-refractivity contribution in [2.75, 3.05) is 11.1 Å². The van der Waals surface area contributed by atoms with Crippen molar-refractivity contribution in [3.63, 3.8) is 0 Å². The number of imide groups is 1. The highest BCUT2D eigenvalue weighted by molar-refractivity contribution is 8.01. The third kappa shape index (κ3) is 6.10. The average molecular weight is 418 g/mol. The molecule has 0 unspecified atom stereocenters. The Morgan fingerprint density at radius 1 is 1.18 bits per heavy atom. The molecule has 0 aliphatic rings. The first kappa shape index (κ1) is 19.9. The van der Waals surface area contributed by atoms with E-state index in [0.29, 0.717) is 15.2 Å². The first-order chi connectivity index (χ1) is 13.6. The molecule has 8 nitrogen and oxygen atoms in total. The van der Waals surface area contributed by atoms with Crippen LogP contribution >= 0.6 is 23.1 Å². The van der Waals surface area contributed by atoms with Gasteiger partial charge in [-0.05, 0) is 36.2 Å². The van der Waals surface area contributed by atoms with Crippen LogP contribution in [0.4, 0.5) is 15.6 Å². The molecule has 28 heavy (non-hydrogen) atoms. The summed E-state index contributed by atoms with van der Waals surface area (Å²) in [5.74, 6) is 0.255.